The Balaban J connectivity index is 2.65. The van der Waals surface area contributed by atoms with Crippen LogP contribution in [0.15, 0.2) is 22.8 Å². The molecule has 0 saturated carbocycles. The third-order valence-electron chi connectivity index (χ3n) is 0.937. The van der Waals surface area contributed by atoms with E-state index in [1.165, 1.54) is 6.26 Å². The predicted molar refractivity (Wildman–Crippen MR) is 35.9 cm³/mol. The summed E-state index contributed by atoms with van der Waals surface area (Å²) < 4.78 is 13.3. The fraction of sp³-hybridized carbons (Fsp3) is 0.200. The van der Waals surface area contributed by atoms with Crippen LogP contribution in [-0.2, 0) is 0 Å². The highest BCUT2D eigenvalue weighted by Crippen LogP contribution is 2.19. The summed E-state index contributed by atoms with van der Waals surface area (Å²) in [5, 5.41) is -0.458. The van der Waals surface area contributed by atoms with Crippen LogP contribution in [-0.4, -0.2) is 4.55 Å². The number of furan rings is 1. The zero-order valence-electron chi connectivity index (χ0n) is 4.65. The van der Waals surface area contributed by atoms with E-state index in [0.29, 0.717) is 17.8 Å². The Morgan fingerprint density at radius 2 is 2.56 bits per heavy atom. The Morgan fingerprint density at radius 1 is 1.78 bits per heavy atom. The molecule has 0 radical (unpaired) electrons. The monoisotopic (exact) mass is 145 g/mol. The highest BCUT2D eigenvalue weighted by Gasteiger charge is 2.06. The van der Waals surface area contributed by atoms with Crippen molar-refractivity contribution >= 4 is 12.0 Å². The van der Waals surface area contributed by atoms with E-state index < -0.39 is 5.37 Å². The van der Waals surface area contributed by atoms with Crippen molar-refractivity contribution in [3.05, 3.63) is 24.2 Å². The average molecular weight is 145 g/mol. The maximum absolute atomic E-state index is 8.44. The van der Waals surface area contributed by atoms with E-state index in [1.54, 1.807) is 12.1 Å². The minimum absolute atomic E-state index is 0.458. The van der Waals surface area contributed by atoms with Crippen LogP contribution in [0.25, 0.3) is 0 Å². The maximum Gasteiger partial charge on any atom is 0.136 e. The smallest absolute Gasteiger partial charge is 0.136 e. The molecule has 1 aromatic rings. The molecule has 0 bridgehead atoms. The summed E-state index contributed by atoms with van der Waals surface area (Å²) >= 11 is 0.567. The minimum Gasteiger partial charge on any atom is -0.467 e. The number of hydrogen-bond donors (Lipinski definition) is 2. The summed E-state index contributed by atoms with van der Waals surface area (Å²) in [6, 6.07) is 3.44. The highest BCUT2D eigenvalue weighted by atomic mass is 32.2. The molecule has 0 aliphatic heterocycles. The Kier molecular flexibility index (Phi) is 2.16. The van der Waals surface area contributed by atoms with Crippen LogP contribution in [0.4, 0.5) is 0 Å². The van der Waals surface area contributed by atoms with Crippen molar-refractivity contribution in [1.82, 2.24) is 0 Å². The van der Waals surface area contributed by atoms with Crippen molar-refractivity contribution in [3.8, 4) is 0 Å². The summed E-state index contributed by atoms with van der Waals surface area (Å²) in [4.78, 5) is 0. The van der Waals surface area contributed by atoms with E-state index in [0.717, 1.165) is 0 Å². The van der Waals surface area contributed by atoms with Crippen molar-refractivity contribution in [1.29, 1.82) is 0 Å². The molecule has 1 heterocycles. The Labute approximate surface area is 57.1 Å². The standard InChI is InChI=1S/C5H7NO2S/c6-5(9-7)4-2-1-3-8-4/h1-3,5,7H,6H2. The van der Waals surface area contributed by atoms with E-state index >= 15 is 0 Å². The quantitative estimate of drug-likeness (QED) is 0.488. The second kappa shape index (κ2) is 2.91. The van der Waals surface area contributed by atoms with Gasteiger partial charge in [0.25, 0.3) is 0 Å². The van der Waals surface area contributed by atoms with Gasteiger partial charge in [0.1, 0.15) is 11.1 Å². The Morgan fingerprint density at radius 3 is 3.00 bits per heavy atom. The molecule has 0 spiro atoms. The van der Waals surface area contributed by atoms with Gasteiger partial charge in [0.2, 0.25) is 0 Å². The van der Waals surface area contributed by atoms with Crippen LogP contribution in [0.5, 0.6) is 0 Å². The van der Waals surface area contributed by atoms with Crippen LogP contribution >= 0.6 is 12.0 Å². The van der Waals surface area contributed by atoms with Crippen molar-refractivity contribution in [2.45, 2.75) is 5.37 Å². The summed E-state index contributed by atoms with van der Waals surface area (Å²) in [6.45, 7) is 0. The van der Waals surface area contributed by atoms with Gasteiger partial charge in [-0.15, -0.1) is 0 Å². The molecule has 1 atom stereocenters. The molecule has 1 rings (SSSR count). The molecule has 4 heteroatoms. The van der Waals surface area contributed by atoms with Gasteiger partial charge in [-0.1, -0.05) is 0 Å². The van der Waals surface area contributed by atoms with Crippen LogP contribution in [0.1, 0.15) is 11.1 Å². The van der Waals surface area contributed by atoms with Gasteiger partial charge in [0.15, 0.2) is 0 Å². The molecule has 3 N–H and O–H groups in total. The Hall–Kier alpha value is -0.450. The molecule has 9 heavy (non-hydrogen) atoms. The molecular formula is C5H7NO2S. The normalized spacial score (nSPS) is 13.6. The van der Waals surface area contributed by atoms with Gasteiger partial charge in [-0.05, 0) is 12.1 Å². The molecule has 0 fully saturated rings. The van der Waals surface area contributed by atoms with Crippen LogP contribution in [0, 0.1) is 0 Å². The van der Waals surface area contributed by atoms with E-state index in [-0.39, 0.29) is 0 Å². The molecule has 0 aromatic carbocycles. The molecule has 0 amide bonds. The first-order valence-corrected chi connectivity index (χ1v) is 3.27. The van der Waals surface area contributed by atoms with Crippen LogP contribution in [0.3, 0.4) is 0 Å². The second-order valence-corrected chi connectivity index (χ2v) is 2.26. The van der Waals surface area contributed by atoms with E-state index in [9.17, 15) is 0 Å². The first-order valence-electron chi connectivity index (χ1n) is 2.44. The molecule has 1 unspecified atom stereocenters. The first-order chi connectivity index (χ1) is 4.34. The average Bonchev–Trinajstić information content (AvgIpc) is 2.37. The molecule has 0 aliphatic carbocycles. The Bertz CT molecular complexity index is 163. The van der Waals surface area contributed by atoms with Crippen molar-refractivity contribution in [2.24, 2.45) is 5.73 Å². The minimum atomic E-state index is -0.458. The zero-order chi connectivity index (χ0) is 6.69. The van der Waals surface area contributed by atoms with Crippen molar-refractivity contribution < 1.29 is 8.97 Å². The molecular weight excluding hydrogens is 138 g/mol. The topological polar surface area (TPSA) is 59.4 Å². The van der Waals surface area contributed by atoms with E-state index in [1.807, 2.05) is 0 Å². The van der Waals surface area contributed by atoms with Crippen molar-refractivity contribution in [2.75, 3.05) is 0 Å². The summed E-state index contributed by atoms with van der Waals surface area (Å²) in [5.74, 6) is 0.586. The lowest BCUT2D eigenvalue weighted by molar-refractivity contribution is 0.502. The molecule has 0 saturated heterocycles. The fourth-order valence-electron chi connectivity index (χ4n) is 0.505. The fourth-order valence-corrected chi connectivity index (χ4v) is 0.743. The lowest BCUT2D eigenvalue weighted by atomic mass is 10.5. The largest absolute Gasteiger partial charge is 0.467 e. The number of rotatable bonds is 2. The molecule has 3 nitrogen and oxygen atoms in total. The predicted octanol–water partition coefficient (Wildman–Crippen LogP) is 1.44. The first kappa shape index (κ1) is 6.67. The molecule has 50 valence electrons. The molecule has 0 aliphatic rings. The van der Waals surface area contributed by atoms with E-state index in [4.69, 9.17) is 14.7 Å². The summed E-state index contributed by atoms with van der Waals surface area (Å²) in [5.41, 5.74) is 5.36. The third-order valence-corrected chi connectivity index (χ3v) is 1.40. The maximum atomic E-state index is 8.44. The highest BCUT2D eigenvalue weighted by molar-refractivity contribution is 7.93. The van der Waals surface area contributed by atoms with Gasteiger partial charge in [-0.3, -0.25) is 0 Å². The third kappa shape index (κ3) is 1.48. The van der Waals surface area contributed by atoms with Gasteiger partial charge in [-0.25, -0.2) is 0 Å². The van der Waals surface area contributed by atoms with Gasteiger partial charge in [0, 0.05) is 12.0 Å². The second-order valence-electron chi connectivity index (χ2n) is 1.54. The van der Waals surface area contributed by atoms with Crippen LogP contribution in [0.2, 0.25) is 0 Å². The lowest BCUT2D eigenvalue weighted by Gasteiger charge is -1.99. The zero-order valence-corrected chi connectivity index (χ0v) is 5.47. The van der Waals surface area contributed by atoms with Gasteiger partial charge >= 0.3 is 0 Å². The molecule has 1 aromatic heterocycles. The SMILES string of the molecule is NC(SO)c1ccco1. The van der Waals surface area contributed by atoms with Gasteiger partial charge < -0.3 is 14.7 Å². The number of hydrogen-bond acceptors (Lipinski definition) is 4. The van der Waals surface area contributed by atoms with Gasteiger partial charge in [-0.2, -0.15) is 0 Å². The van der Waals surface area contributed by atoms with Crippen LogP contribution < -0.4 is 5.73 Å². The summed E-state index contributed by atoms with van der Waals surface area (Å²) in [6.07, 6.45) is 1.52. The summed E-state index contributed by atoms with van der Waals surface area (Å²) in [7, 11) is 0. The van der Waals surface area contributed by atoms with Gasteiger partial charge in [0.05, 0.1) is 6.26 Å². The number of nitrogens with two attached hydrogens (primary N) is 1. The van der Waals surface area contributed by atoms with Crippen molar-refractivity contribution in [3.63, 3.8) is 0 Å². The lowest BCUT2D eigenvalue weighted by Crippen LogP contribution is -2.02. The van der Waals surface area contributed by atoms with E-state index in [2.05, 4.69) is 0 Å².